The molecule has 108 valence electrons. The highest BCUT2D eigenvalue weighted by Crippen LogP contribution is 2.32. The van der Waals surface area contributed by atoms with Crippen molar-refractivity contribution in [3.05, 3.63) is 33.3 Å². The molecular weight excluding hydrogens is 322 g/mol. The molecule has 1 N–H and O–H groups in total. The van der Waals surface area contributed by atoms with Crippen molar-refractivity contribution in [1.29, 1.82) is 0 Å². The van der Waals surface area contributed by atoms with E-state index in [9.17, 15) is 0 Å². The van der Waals surface area contributed by atoms with Crippen molar-refractivity contribution in [2.75, 3.05) is 6.54 Å². The Morgan fingerprint density at radius 2 is 2.00 bits per heavy atom. The van der Waals surface area contributed by atoms with Gasteiger partial charge in [0, 0.05) is 15.5 Å². The van der Waals surface area contributed by atoms with Crippen LogP contribution in [0, 0.1) is 5.41 Å². The van der Waals surface area contributed by atoms with Crippen molar-refractivity contribution in [2.45, 2.75) is 53.0 Å². The maximum atomic E-state index is 6.38. The van der Waals surface area contributed by atoms with Crippen LogP contribution in [0.5, 0.6) is 0 Å². The van der Waals surface area contributed by atoms with E-state index in [1.165, 1.54) is 12.0 Å². The van der Waals surface area contributed by atoms with Gasteiger partial charge in [-0.2, -0.15) is 0 Å². The zero-order chi connectivity index (χ0) is 14.5. The van der Waals surface area contributed by atoms with Crippen LogP contribution in [0.1, 0.15) is 58.6 Å². The first-order valence-corrected chi connectivity index (χ1v) is 8.19. The molecule has 1 nitrogen and oxygen atoms in total. The van der Waals surface area contributed by atoms with E-state index in [0.717, 1.165) is 28.9 Å². The second-order valence-corrected chi connectivity index (χ2v) is 7.59. The van der Waals surface area contributed by atoms with Crippen LogP contribution in [0.25, 0.3) is 0 Å². The summed E-state index contributed by atoms with van der Waals surface area (Å²) in [5.41, 5.74) is 1.57. The highest BCUT2D eigenvalue weighted by Gasteiger charge is 2.18. The van der Waals surface area contributed by atoms with Gasteiger partial charge in [0.05, 0.1) is 0 Å². The second-order valence-electron chi connectivity index (χ2n) is 6.27. The number of nitrogens with one attached hydrogen (secondary N) is 1. The van der Waals surface area contributed by atoms with Crippen LogP contribution < -0.4 is 5.32 Å². The molecule has 0 amide bonds. The lowest BCUT2D eigenvalue weighted by Gasteiger charge is -2.25. The Balaban J connectivity index is 2.83. The maximum Gasteiger partial charge on any atom is 0.0465 e. The molecule has 0 radical (unpaired) electrons. The number of rotatable bonds is 6. The van der Waals surface area contributed by atoms with Crippen molar-refractivity contribution in [1.82, 2.24) is 5.32 Å². The van der Waals surface area contributed by atoms with Crippen LogP contribution in [0.15, 0.2) is 22.7 Å². The quantitative estimate of drug-likeness (QED) is 0.669. The molecule has 1 aromatic carbocycles. The molecule has 0 heterocycles. The monoisotopic (exact) mass is 345 g/mol. The number of benzene rings is 1. The SMILES string of the molecule is CCCNC(CCC(C)(C)C)c1ccc(Br)cc1Cl. The van der Waals surface area contributed by atoms with E-state index >= 15 is 0 Å². The summed E-state index contributed by atoms with van der Waals surface area (Å²) in [7, 11) is 0. The third-order valence-electron chi connectivity index (χ3n) is 3.16. The Hall–Kier alpha value is -0.0500. The van der Waals surface area contributed by atoms with Gasteiger partial charge in [-0.05, 0) is 48.9 Å². The van der Waals surface area contributed by atoms with Gasteiger partial charge in [-0.25, -0.2) is 0 Å². The fourth-order valence-corrected chi connectivity index (χ4v) is 2.85. The number of hydrogen-bond acceptors (Lipinski definition) is 1. The average Bonchev–Trinajstić information content (AvgIpc) is 2.29. The minimum atomic E-state index is 0.347. The topological polar surface area (TPSA) is 12.0 Å². The Morgan fingerprint density at radius 3 is 2.53 bits per heavy atom. The lowest BCUT2D eigenvalue weighted by molar-refractivity contribution is 0.332. The molecule has 0 aromatic heterocycles. The molecule has 3 heteroatoms. The summed E-state index contributed by atoms with van der Waals surface area (Å²) in [5, 5.41) is 4.46. The van der Waals surface area contributed by atoms with E-state index in [1.807, 2.05) is 6.07 Å². The van der Waals surface area contributed by atoms with Gasteiger partial charge in [-0.3, -0.25) is 0 Å². The summed E-state index contributed by atoms with van der Waals surface area (Å²) >= 11 is 9.85. The summed E-state index contributed by atoms with van der Waals surface area (Å²) in [6.07, 6.45) is 3.44. The van der Waals surface area contributed by atoms with Crippen molar-refractivity contribution < 1.29 is 0 Å². The van der Waals surface area contributed by atoms with E-state index in [0.29, 0.717) is 11.5 Å². The normalized spacial score (nSPS) is 13.6. The Kier molecular flexibility index (Phi) is 6.85. The van der Waals surface area contributed by atoms with Crippen LogP contribution in [0.3, 0.4) is 0 Å². The molecule has 19 heavy (non-hydrogen) atoms. The molecule has 0 bridgehead atoms. The van der Waals surface area contributed by atoms with Crippen molar-refractivity contribution in [3.63, 3.8) is 0 Å². The summed E-state index contributed by atoms with van der Waals surface area (Å²) in [6, 6.07) is 6.52. The first-order valence-electron chi connectivity index (χ1n) is 7.02. The predicted octanol–water partition coefficient (Wildman–Crippen LogP) is 5.97. The molecule has 0 aliphatic carbocycles. The summed E-state index contributed by atoms with van der Waals surface area (Å²) in [6.45, 7) is 10.1. The molecule has 1 aromatic rings. The van der Waals surface area contributed by atoms with Crippen LogP contribution >= 0.6 is 27.5 Å². The van der Waals surface area contributed by atoms with Gasteiger partial charge < -0.3 is 5.32 Å². The first kappa shape index (κ1) is 17.0. The molecular formula is C16H25BrClN. The van der Waals surface area contributed by atoms with Gasteiger partial charge in [0.2, 0.25) is 0 Å². The zero-order valence-electron chi connectivity index (χ0n) is 12.4. The van der Waals surface area contributed by atoms with E-state index in [1.54, 1.807) is 0 Å². The Morgan fingerprint density at radius 1 is 1.32 bits per heavy atom. The zero-order valence-corrected chi connectivity index (χ0v) is 14.7. The predicted molar refractivity (Wildman–Crippen MR) is 88.9 cm³/mol. The lowest BCUT2D eigenvalue weighted by atomic mass is 9.87. The van der Waals surface area contributed by atoms with Crippen molar-refractivity contribution >= 4 is 27.5 Å². The van der Waals surface area contributed by atoms with Gasteiger partial charge in [0.1, 0.15) is 0 Å². The molecule has 1 unspecified atom stereocenters. The van der Waals surface area contributed by atoms with Gasteiger partial charge in [0.25, 0.3) is 0 Å². The maximum absolute atomic E-state index is 6.38. The van der Waals surface area contributed by atoms with Gasteiger partial charge in [0.15, 0.2) is 0 Å². The number of halogens is 2. The molecule has 0 saturated carbocycles. The first-order chi connectivity index (χ1) is 8.83. The van der Waals surface area contributed by atoms with E-state index in [4.69, 9.17) is 11.6 Å². The molecule has 0 saturated heterocycles. The highest BCUT2D eigenvalue weighted by molar-refractivity contribution is 9.10. The summed E-state index contributed by atoms with van der Waals surface area (Å²) in [4.78, 5) is 0. The second kappa shape index (κ2) is 7.66. The van der Waals surface area contributed by atoms with Crippen LogP contribution in [-0.4, -0.2) is 6.54 Å². The molecule has 0 aliphatic rings. The van der Waals surface area contributed by atoms with E-state index in [-0.39, 0.29) is 0 Å². The third kappa shape index (κ3) is 6.29. The average molecular weight is 347 g/mol. The van der Waals surface area contributed by atoms with Crippen LogP contribution in [0.2, 0.25) is 5.02 Å². The minimum Gasteiger partial charge on any atom is -0.310 e. The fraction of sp³-hybridized carbons (Fsp3) is 0.625. The molecule has 1 atom stereocenters. The fourth-order valence-electron chi connectivity index (χ4n) is 2.05. The van der Waals surface area contributed by atoms with E-state index in [2.05, 4.69) is 61.1 Å². The number of hydrogen-bond donors (Lipinski definition) is 1. The van der Waals surface area contributed by atoms with Gasteiger partial charge in [-0.1, -0.05) is 61.3 Å². The molecule has 0 spiro atoms. The smallest absolute Gasteiger partial charge is 0.0465 e. The molecule has 0 aliphatic heterocycles. The van der Waals surface area contributed by atoms with Crippen LogP contribution in [-0.2, 0) is 0 Å². The Bertz CT molecular complexity index is 398. The standard InChI is InChI=1S/C16H25BrClN/c1-5-10-19-15(8-9-16(2,3)4)13-7-6-12(17)11-14(13)18/h6-7,11,15,19H,5,8-10H2,1-4H3. The molecule has 1 rings (SSSR count). The lowest BCUT2D eigenvalue weighted by Crippen LogP contribution is -2.24. The van der Waals surface area contributed by atoms with Crippen LogP contribution in [0.4, 0.5) is 0 Å². The van der Waals surface area contributed by atoms with Crippen molar-refractivity contribution in [2.24, 2.45) is 5.41 Å². The van der Waals surface area contributed by atoms with Crippen molar-refractivity contribution in [3.8, 4) is 0 Å². The van der Waals surface area contributed by atoms with E-state index < -0.39 is 0 Å². The third-order valence-corrected chi connectivity index (χ3v) is 3.98. The van der Waals surface area contributed by atoms with Gasteiger partial charge in [-0.15, -0.1) is 0 Å². The Labute approximate surface area is 131 Å². The highest BCUT2D eigenvalue weighted by atomic mass is 79.9. The minimum absolute atomic E-state index is 0.347. The van der Waals surface area contributed by atoms with Gasteiger partial charge >= 0.3 is 0 Å². The summed E-state index contributed by atoms with van der Waals surface area (Å²) in [5.74, 6) is 0. The summed E-state index contributed by atoms with van der Waals surface area (Å²) < 4.78 is 1.03. The largest absolute Gasteiger partial charge is 0.310 e. The molecule has 0 fully saturated rings.